The fourth-order valence-electron chi connectivity index (χ4n) is 26.2. The molecule has 0 amide bonds. The number of phenols is 4. The lowest BCUT2D eigenvalue weighted by Gasteiger charge is -2.50. The number of aliphatic hydroxyl groups is 2. The fourth-order valence-corrected chi connectivity index (χ4v) is 26.2. The monoisotopic (exact) mass is 1830 g/mol. The number of hydrogen-bond acceptors (Lipinski definition) is 24. The molecule has 0 radical (unpaired) electrons. The summed E-state index contributed by atoms with van der Waals surface area (Å²) in [4.78, 5) is 22.6. The molecular formula is C106H116F4N8O16. The number of ether oxygens (including phenoxy) is 4. The average molecular weight is 1830 g/mol. The Kier molecular flexibility index (Phi) is 26.9. The van der Waals surface area contributed by atoms with E-state index in [-0.39, 0.29) is 107 Å². The van der Waals surface area contributed by atoms with Crippen molar-refractivity contribution in [2.75, 3.05) is 28.4 Å². The molecule has 8 fully saturated rings. The van der Waals surface area contributed by atoms with Gasteiger partial charge in [0.05, 0.1) is 98.2 Å². The standard InChI is InChI=1S/C27H29N3O4.C27H30N2O4.C26H28F2N2O4.C26H29F2NO4/c1-27-9-8-18-19-13-25(33-2)24(31)12-21(19)23(11-20(18)22(27)6-7-26(27)29-32)30-34-15-17-5-3-4-16(10-17)14-28;1-27-9-8-18-19-13-25(32-2)24(30)12-21(19)23(11-20(18)22(27)6-7-26(27)31)29-33-15-17-5-3-4-16(10-17)14-28;1-26-6-5-17-18-12-24(33-2)23(31)11-20(18)22(10-19(17)21(26)3-4-25(26)29-32)30-34-13-14-7-15(27)9-16(28)8-14;1-26-6-5-17-18-12-24(32-2)23(30)11-20(18)22(10-19(17)21(26)3-4-25(26)31)29-33-13-14-7-15(27)9-16(28)8-14/h3-5,10,12-13,18,20,22,31-32H,6-9,11,15H2,1-2H3;3-5,10,12-13,18,20,22,26,30-31H,6-9,11,15H2,1-2H3;7-9,11-12,17,19,21,31-32H,3-6,10,13H2,1-2H3;7-9,11-12,17,19,21,25,30-31H,3-6,10,13H2,1-2H3/b29-26+,30-23+;29-23+;29-25+,30-22+;29-22+/t18-,20-,22+,27+;18-,20-,22+,26+,27+;17-,19-,21+,26+;17-,19-,21+,25+,26+/m1111/s1. The largest absolute Gasteiger partial charge is 0.504 e. The normalized spacial score (nSPS) is 30.7. The summed E-state index contributed by atoms with van der Waals surface area (Å²) < 4.78 is 75.7. The number of oxime groups is 6. The van der Waals surface area contributed by atoms with Crippen LogP contribution in [0.3, 0.4) is 0 Å². The second-order valence-electron chi connectivity index (χ2n) is 39.6. The minimum absolute atomic E-state index is 0.0239. The topological polar surface area (TPSA) is 357 Å². The molecule has 18 atom stereocenters. The minimum atomic E-state index is -0.668. The highest BCUT2D eigenvalue weighted by atomic mass is 19.1. The van der Waals surface area contributed by atoms with Gasteiger partial charge in [0.15, 0.2) is 46.0 Å². The summed E-state index contributed by atoms with van der Waals surface area (Å²) in [5.74, 6) is 3.34. The van der Waals surface area contributed by atoms with Gasteiger partial charge in [0.25, 0.3) is 0 Å². The van der Waals surface area contributed by atoms with E-state index in [4.69, 9.17) is 48.8 Å². The molecule has 12 aliphatic carbocycles. The van der Waals surface area contributed by atoms with Crippen molar-refractivity contribution >= 4 is 34.3 Å². The van der Waals surface area contributed by atoms with Crippen LogP contribution in [-0.2, 0) is 45.8 Å². The number of phenolic OH excluding ortho intramolecular Hbond substituents is 4. The minimum Gasteiger partial charge on any atom is -0.504 e. The molecule has 0 saturated heterocycles. The molecule has 24 nitrogen and oxygen atoms in total. The number of methoxy groups -OCH3 is 4. The Bertz CT molecular complexity index is 6050. The zero-order valence-electron chi connectivity index (χ0n) is 76.7. The van der Waals surface area contributed by atoms with Gasteiger partial charge < -0.3 is 79.4 Å². The van der Waals surface area contributed by atoms with Gasteiger partial charge in [-0.15, -0.1) is 0 Å². The average Bonchev–Trinajstić information content (AvgIpc) is 1.48. The van der Waals surface area contributed by atoms with Gasteiger partial charge >= 0.3 is 0 Å². The molecule has 134 heavy (non-hydrogen) atoms. The Labute approximate surface area is 777 Å². The van der Waals surface area contributed by atoms with E-state index < -0.39 is 23.3 Å². The number of benzene rings is 8. The lowest BCUT2D eigenvalue weighted by atomic mass is 9.55. The molecule has 8 aromatic rings. The summed E-state index contributed by atoms with van der Waals surface area (Å²) in [7, 11) is 6.19. The molecule has 8 aromatic carbocycles. The van der Waals surface area contributed by atoms with Crippen LogP contribution in [0, 0.1) is 115 Å². The van der Waals surface area contributed by atoms with Crippen LogP contribution in [-0.4, -0.2) is 116 Å². The van der Waals surface area contributed by atoms with Gasteiger partial charge in [0.2, 0.25) is 0 Å². The molecule has 0 aromatic heterocycles. The van der Waals surface area contributed by atoms with E-state index in [1.54, 1.807) is 62.8 Å². The first kappa shape index (κ1) is 93.4. The second-order valence-corrected chi connectivity index (χ2v) is 39.6. The van der Waals surface area contributed by atoms with E-state index in [1.807, 2.05) is 48.5 Å². The van der Waals surface area contributed by atoms with Crippen LogP contribution >= 0.6 is 0 Å². The van der Waals surface area contributed by atoms with E-state index in [2.05, 4.69) is 70.8 Å². The van der Waals surface area contributed by atoms with Crippen molar-refractivity contribution in [3.63, 3.8) is 0 Å². The van der Waals surface area contributed by atoms with E-state index in [9.17, 15) is 58.6 Å². The van der Waals surface area contributed by atoms with Gasteiger partial charge in [-0.2, -0.15) is 10.5 Å². The zero-order chi connectivity index (χ0) is 94.4. The summed E-state index contributed by atoms with van der Waals surface area (Å²) >= 11 is 0. The highest BCUT2D eigenvalue weighted by Gasteiger charge is 2.60. The zero-order valence-corrected chi connectivity index (χ0v) is 76.7. The number of rotatable bonds is 16. The van der Waals surface area contributed by atoms with Gasteiger partial charge in [0.1, 0.15) is 49.7 Å². The maximum Gasteiger partial charge on any atom is 0.160 e. The smallest absolute Gasteiger partial charge is 0.160 e. The van der Waals surface area contributed by atoms with Crippen LogP contribution in [0.1, 0.15) is 258 Å². The lowest BCUT2D eigenvalue weighted by Crippen LogP contribution is -2.45. The molecule has 8 saturated carbocycles. The third-order valence-corrected chi connectivity index (χ3v) is 32.9. The van der Waals surface area contributed by atoms with Crippen molar-refractivity contribution < 1.29 is 96.9 Å². The number of fused-ring (bicyclic) bond motifs is 20. The number of halogens is 4. The van der Waals surface area contributed by atoms with E-state index in [0.717, 1.165) is 206 Å². The summed E-state index contributed by atoms with van der Waals surface area (Å²) in [5, 5.41) is 126. The highest BCUT2D eigenvalue weighted by molar-refractivity contribution is 6.06. The van der Waals surface area contributed by atoms with E-state index >= 15 is 0 Å². The third kappa shape index (κ3) is 17.8. The first-order valence-corrected chi connectivity index (χ1v) is 46.6. The van der Waals surface area contributed by atoms with Crippen molar-refractivity contribution in [2.24, 2.45) is 99.9 Å². The molecule has 704 valence electrons. The van der Waals surface area contributed by atoms with Gasteiger partial charge in [0, 0.05) is 45.2 Å². The molecule has 0 spiro atoms. The Hall–Kier alpha value is -12.4. The van der Waals surface area contributed by atoms with E-state index in [1.165, 1.54) is 38.5 Å². The predicted molar refractivity (Wildman–Crippen MR) is 493 cm³/mol. The summed E-state index contributed by atoms with van der Waals surface area (Å²) in [5.41, 5.74) is 15.9. The van der Waals surface area contributed by atoms with Crippen molar-refractivity contribution in [3.8, 4) is 58.1 Å². The highest BCUT2D eigenvalue weighted by Crippen LogP contribution is 2.66. The maximum absolute atomic E-state index is 13.5. The quantitative estimate of drug-likeness (QED) is 0.0253. The van der Waals surface area contributed by atoms with Crippen molar-refractivity contribution in [1.82, 2.24) is 0 Å². The molecule has 0 aliphatic heterocycles. The summed E-state index contributed by atoms with van der Waals surface area (Å²) in [6, 6.07) is 39.9. The van der Waals surface area contributed by atoms with Crippen LogP contribution in [0.5, 0.6) is 46.0 Å². The molecule has 20 rings (SSSR count). The maximum atomic E-state index is 13.5. The van der Waals surface area contributed by atoms with Crippen LogP contribution in [0.2, 0.25) is 0 Å². The molecule has 8 N–H and O–H groups in total. The molecular weight excluding hydrogens is 1720 g/mol. The molecule has 0 heterocycles. The van der Waals surface area contributed by atoms with Gasteiger partial charge in [-0.3, -0.25) is 0 Å². The Morgan fingerprint density at radius 1 is 0.358 bits per heavy atom. The first-order chi connectivity index (χ1) is 64.5. The number of aliphatic hydroxyl groups excluding tert-OH is 2. The Morgan fingerprint density at radius 3 is 0.940 bits per heavy atom. The number of hydrogen-bond donors (Lipinski definition) is 8. The third-order valence-electron chi connectivity index (χ3n) is 32.9. The van der Waals surface area contributed by atoms with Crippen molar-refractivity contribution in [2.45, 2.75) is 218 Å². The predicted octanol–water partition coefficient (Wildman–Crippen LogP) is 21.2. The molecule has 28 heteroatoms. The SMILES string of the molecule is COc1cc2c(cc1O)/C(=N/OCc1cc(F)cc(F)c1)C[C@@H]1[C@@H]2CC[C@]2(C)/C(=N/O)CC[C@@H]12.COc1cc2c(cc1O)/C(=N/OCc1cc(F)cc(F)c1)C[C@@H]1[C@@H]2CC[C@]2(C)[C@@H](O)CC[C@@H]12.COc1cc2c(cc1O)/C(=N/OCc1cccc(C#N)c1)C[C@@H]1[C@@H]2CC[C@]2(C)/C(=N/O)CC[C@@H]12.COc1cc2c(cc1O)/C(=N/OCc1cccc(C#N)c1)C[C@@H]1[C@@H]2CC[C@]2(C)[C@@H](O)CC[C@@H]12. The molecule has 0 unspecified atom stereocenters. The van der Waals surface area contributed by atoms with Gasteiger partial charge in [-0.1, -0.05) is 82.9 Å². The Balaban J connectivity index is 0.000000124. The fraction of sp³-hybridized carbons (Fsp3) is 0.472. The van der Waals surface area contributed by atoms with Gasteiger partial charge in [-0.05, 0) is 352 Å². The number of aromatic hydroxyl groups is 4. The van der Waals surface area contributed by atoms with Crippen LogP contribution < -0.4 is 18.9 Å². The number of nitrogens with zero attached hydrogens (tertiary/aromatic N) is 8. The van der Waals surface area contributed by atoms with Crippen LogP contribution in [0.4, 0.5) is 17.6 Å². The van der Waals surface area contributed by atoms with Crippen molar-refractivity contribution in [1.29, 1.82) is 10.5 Å². The summed E-state index contributed by atoms with van der Waals surface area (Å²) in [6.07, 6.45) is 17.2. The van der Waals surface area contributed by atoms with Crippen LogP contribution in [0.15, 0.2) is 164 Å². The number of nitriles is 2. The lowest BCUT2D eigenvalue weighted by molar-refractivity contribution is -0.0180. The van der Waals surface area contributed by atoms with Crippen LogP contribution in [0.25, 0.3) is 0 Å². The van der Waals surface area contributed by atoms with Gasteiger partial charge in [-0.25, -0.2) is 17.6 Å². The first-order valence-electron chi connectivity index (χ1n) is 46.6. The second kappa shape index (κ2) is 38.5. The van der Waals surface area contributed by atoms with Crippen molar-refractivity contribution in [3.05, 3.63) is 235 Å². The Morgan fingerprint density at radius 2 is 0.649 bits per heavy atom. The van der Waals surface area contributed by atoms with E-state index in [0.29, 0.717) is 117 Å². The molecule has 12 aliphatic rings. The summed E-state index contributed by atoms with van der Waals surface area (Å²) in [6.45, 7) is 9.25. The molecule has 0 bridgehead atoms.